The lowest BCUT2D eigenvalue weighted by Gasteiger charge is -2.05. The number of carboxylic acid groups (broad SMARTS) is 1. The van der Waals surface area contributed by atoms with E-state index in [1.807, 2.05) is 6.92 Å². The lowest BCUT2D eigenvalue weighted by molar-refractivity contribution is -0.137. The van der Waals surface area contributed by atoms with Gasteiger partial charge in [0.05, 0.1) is 12.6 Å². The van der Waals surface area contributed by atoms with Crippen molar-refractivity contribution in [2.75, 3.05) is 0 Å². The van der Waals surface area contributed by atoms with Gasteiger partial charge in [0.25, 0.3) is 0 Å². The maximum Gasteiger partial charge on any atom is 0.303 e. The van der Waals surface area contributed by atoms with Crippen LogP contribution in [0.1, 0.15) is 24.8 Å². The first-order chi connectivity index (χ1) is 7.18. The van der Waals surface area contributed by atoms with E-state index in [0.717, 1.165) is 11.2 Å². The molecule has 0 amide bonds. The number of hydrogen-bond acceptors (Lipinski definition) is 3. The third-order valence-electron chi connectivity index (χ3n) is 2.32. The molecular weight excluding hydrogens is 194 g/mol. The quantitative estimate of drug-likeness (QED) is 0.820. The van der Waals surface area contributed by atoms with E-state index in [9.17, 15) is 4.79 Å². The Morgan fingerprint density at radius 3 is 3.20 bits per heavy atom. The fourth-order valence-electron chi connectivity index (χ4n) is 1.57. The van der Waals surface area contributed by atoms with Crippen LogP contribution in [0.15, 0.2) is 24.7 Å². The highest BCUT2D eigenvalue weighted by molar-refractivity contribution is 5.68. The number of aliphatic carboxylic acids is 1. The van der Waals surface area contributed by atoms with Crippen molar-refractivity contribution >= 4 is 11.6 Å². The summed E-state index contributed by atoms with van der Waals surface area (Å²) in [5, 5.41) is 12.8. The molecule has 2 heterocycles. The standard InChI is InChI=1S/C10H11N3O2/c1-7(5-9(14)15)8-6-12-13-4-2-3-11-10(8)13/h2-4,6-7H,5H2,1H3,(H,14,15). The summed E-state index contributed by atoms with van der Waals surface area (Å²) in [6, 6.07) is 1.78. The Morgan fingerprint density at radius 1 is 1.67 bits per heavy atom. The van der Waals surface area contributed by atoms with Crippen molar-refractivity contribution in [1.29, 1.82) is 0 Å². The zero-order chi connectivity index (χ0) is 10.8. The van der Waals surface area contributed by atoms with E-state index in [1.54, 1.807) is 29.2 Å². The predicted molar refractivity (Wildman–Crippen MR) is 53.7 cm³/mol. The van der Waals surface area contributed by atoms with E-state index in [2.05, 4.69) is 10.1 Å². The van der Waals surface area contributed by atoms with E-state index >= 15 is 0 Å². The normalized spacial score (nSPS) is 12.9. The molecule has 0 aromatic carbocycles. The molecule has 0 saturated heterocycles. The number of hydrogen-bond donors (Lipinski definition) is 1. The fourth-order valence-corrected chi connectivity index (χ4v) is 1.57. The average molecular weight is 205 g/mol. The van der Waals surface area contributed by atoms with Gasteiger partial charge < -0.3 is 5.11 Å². The number of rotatable bonds is 3. The second-order valence-electron chi connectivity index (χ2n) is 3.49. The highest BCUT2D eigenvalue weighted by Crippen LogP contribution is 2.21. The van der Waals surface area contributed by atoms with Gasteiger partial charge in [-0.1, -0.05) is 6.92 Å². The number of carbonyl (C=O) groups is 1. The van der Waals surface area contributed by atoms with Crippen LogP contribution in [0.2, 0.25) is 0 Å². The maximum atomic E-state index is 10.6. The summed E-state index contributed by atoms with van der Waals surface area (Å²) < 4.78 is 1.65. The molecule has 0 spiro atoms. The van der Waals surface area contributed by atoms with Crippen molar-refractivity contribution in [3.63, 3.8) is 0 Å². The molecule has 78 valence electrons. The van der Waals surface area contributed by atoms with Gasteiger partial charge >= 0.3 is 5.97 Å². The van der Waals surface area contributed by atoms with Crippen molar-refractivity contribution in [2.45, 2.75) is 19.3 Å². The van der Waals surface area contributed by atoms with Crippen LogP contribution in [-0.2, 0) is 4.79 Å². The van der Waals surface area contributed by atoms with Crippen molar-refractivity contribution < 1.29 is 9.90 Å². The number of carboxylic acids is 1. The lowest BCUT2D eigenvalue weighted by Crippen LogP contribution is -2.03. The molecule has 15 heavy (non-hydrogen) atoms. The van der Waals surface area contributed by atoms with Crippen LogP contribution in [0.25, 0.3) is 5.65 Å². The van der Waals surface area contributed by atoms with Gasteiger partial charge in [0, 0.05) is 18.0 Å². The Bertz CT molecular complexity index is 492. The lowest BCUT2D eigenvalue weighted by atomic mass is 10.0. The summed E-state index contributed by atoms with van der Waals surface area (Å²) in [5.74, 6) is -0.882. The summed E-state index contributed by atoms with van der Waals surface area (Å²) in [4.78, 5) is 14.8. The molecule has 0 aliphatic heterocycles. The van der Waals surface area contributed by atoms with Crippen LogP contribution < -0.4 is 0 Å². The molecular formula is C10H11N3O2. The second-order valence-corrected chi connectivity index (χ2v) is 3.49. The van der Waals surface area contributed by atoms with Crippen LogP contribution in [0.5, 0.6) is 0 Å². The molecule has 1 N–H and O–H groups in total. The number of nitrogens with zero attached hydrogens (tertiary/aromatic N) is 3. The molecule has 0 bridgehead atoms. The molecule has 1 atom stereocenters. The Kier molecular flexibility index (Phi) is 2.37. The molecule has 0 aliphatic carbocycles. The zero-order valence-corrected chi connectivity index (χ0v) is 8.29. The predicted octanol–water partition coefficient (Wildman–Crippen LogP) is 1.31. The van der Waals surface area contributed by atoms with E-state index in [-0.39, 0.29) is 12.3 Å². The minimum Gasteiger partial charge on any atom is -0.481 e. The first kappa shape index (κ1) is 9.64. The van der Waals surface area contributed by atoms with Crippen molar-refractivity contribution in [3.05, 3.63) is 30.2 Å². The van der Waals surface area contributed by atoms with Crippen LogP contribution in [0.3, 0.4) is 0 Å². The van der Waals surface area contributed by atoms with Crippen molar-refractivity contribution in [1.82, 2.24) is 14.6 Å². The average Bonchev–Trinajstić information content (AvgIpc) is 2.59. The topological polar surface area (TPSA) is 67.5 Å². The summed E-state index contributed by atoms with van der Waals surface area (Å²) in [5.41, 5.74) is 1.60. The molecule has 5 heteroatoms. The molecule has 0 saturated carbocycles. The van der Waals surface area contributed by atoms with E-state index in [4.69, 9.17) is 5.11 Å². The molecule has 2 rings (SSSR count). The van der Waals surface area contributed by atoms with E-state index < -0.39 is 5.97 Å². The number of fused-ring (bicyclic) bond motifs is 1. The smallest absolute Gasteiger partial charge is 0.303 e. The molecule has 0 aliphatic rings. The number of aromatic nitrogens is 3. The maximum absolute atomic E-state index is 10.6. The molecule has 5 nitrogen and oxygen atoms in total. The largest absolute Gasteiger partial charge is 0.481 e. The monoisotopic (exact) mass is 205 g/mol. The molecule has 0 fully saturated rings. The minimum atomic E-state index is -0.808. The summed E-state index contributed by atoms with van der Waals surface area (Å²) >= 11 is 0. The third-order valence-corrected chi connectivity index (χ3v) is 2.32. The van der Waals surface area contributed by atoms with Gasteiger partial charge in [0.15, 0.2) is 5.65 Å². The molecule has 2 aromatic rings. The molecule has 2 aromatic heterocycles. The summed E-state index contributed by atoms with van der Waals surface area (Å²) in [6.45, 7) is 1.86. The summed E-state index contributed by atoms with van der Waals surface area (Å²) in [7, 11) is 0. The Morgan fingerprint density at radius 2 is 2.47 bits per heavy atom. The van der Waals surface area contributed by atoms with Crippen LogP contribution >= 0.6 is 0 Å². The minimum absolute atomic E-state index is 0.0742. The van der Waals surface area contributed by atoms with Gasteiger partial charge in [-0.2, -0.15) is 5.10 Å². The van der Waals surface area contributed by atoms with Crippen molar-refractivity contribution in [2.24, 2.45) is 0 Å². The van der Waals surface area contributed by atoms with Gasteiger partial charge in [-0.3, -0.25) is 4.79 Å². The van der Waals surface area contributed by atoms with Gasteiger partial charge in [-0.15, -0.1) is 0 Å². The zero-order valence-electron chi connectivity index (χ0n) is 8.29. The summed E-state index contributed by atoms with van der Waals surface area (Å²) in [6.07, 6.45) is 5.24. The van der Waals surface area contributed by atoms with Crippen LogP contribution in [0, 0.1) is 0 Å². The second kappa shape index (κ2) is 3.68. The van der Waals surface area contributed by atoms with Gasteiger partial charge in [0.2, 0.25) is 0 Å². The van der Waals surface area contributed by atoms with E-state index in [0.29, 0.717) is 0 Å². The van der Waals surface area contributed by atoms with Gasteiger partial charge in [0.1, 0.15) is 0 Å². The van der Waals surface area contributed by atoms with Crippen molar-refractivity contribution in [3.8, 4) is 0 Å². The first-order valence-electron chi connectivity index (χ1n) is 4.68. The van der Waals surface area contributed by atoms with Crippen LogP contribution in [-0.4, -0.2) is 25.7 Å². The third kappa shape index (κ3) is 1.81. The highest BCUT2D eigenvalue weighted by Gasteiger charge is 2.15. The van der Waals surface area contributed by atoms with Gasteiger partial charge in [-0.05, 0) is 12.0 Å². The van der Waals surface area contributed by atoms with Gasteiger partial charge in [-0.25, -0.2) is 9.50 Å². The Hall–Kier alpha value is -1.91. The fraction of sp³-hybridized carbons (Fsp3) is 0.300. The van der Waals surface area contributed by atoms with Crippen LogP contribution in [0.4, 0.5) is 0 Å². The Labute approximate surface area is 86.4 Å². The SMILES string of the molecule is CC(CC(=O)O)c1cnn2cccnc12. The first-order valence-corrected chi connectivity index (χ1v) is 4.68. The van der Waals surface area contributed by atoms with E-state index in [1.165, 1.54) is 0 Å². The Balaban J connectivity index is 2.39. The molecule has 1 unspecified atom stereocenters. The molecule has 0 radical (unpaired) electrons. The highest BCUT2D eigenvalue weighted by atomic mass is 16.4.